The SMILES string of the molecule is CC(C)c1nc2cc(CN[C@@H]3CCC[C@@H]3O)ccc2o1. The molecule has 1 saturated carbocycles. The molecule has 108 valence electrons. The molecule has 1 heterocycles. The van der Waals surface area contributed by atoms with E-state index >= 15 is 0 Å². The van der Waals surface area contributed by atoms with Crippen molar-refractivity contribution in [2.24, 2.45) is 0 Å². The van der Waals surface area contributed by atoms with Crippen LogP contribution in [0, 0.1) is 0 Å². The van der Waals surface area contributed by atoms with Gasteiger partial charge in [-0.3, -0.25) is 0 Å². The van der Waals surface area contributed by atoms with Crippen LogP contribution < -0.4 is 5.32 Å². The van der Waals surface area contributed by atoms with Gasteiger partial charge in [-0.05, 0) is 37.0 Å². The summed E-state index contributed by atoms with van der Waals surface area (Å²) in [6, 6.07) is 6.34. The number of aromatic nitrogens is 1. The van der Waals surface area contributed by atoms with Crippen LogP contribution in [0.5, 0.6) is 0 Å². The van der Waals surface area contributed by atoms with Gasteiger partial charge in [0, 0.05) is 18.5 Å². The van der Waals surface area contributed by atoms with Crippen molar-refractivity contribution in [3.63, 3.8) is 0 Å². The third kappa shape index (κ3) is 2.72. The normalized spacial score (nSPS) is 23.0. The highest BCUT2D eigenvalue weighted by Gasteiger charge is 2.24. The summed E-state index contributed by atoms with van der Waals surface area (Å²) in [6.07, 6.45) is 2.89. The molecule has 3 rings (SSSR count). The summed E-state index contributed by atoms with van der Waals surface area (Å²) >= 11 is 0. The molecule has 0 unspecified atom stereocenters. The zero-order valence-corrected chi connectivity index (χ0v) is 12.1. The Morgan fingerprint density at radius 2 is 2.25 bits per heavy atom. The zero-order chi connectivity index (χ0) is 14.1. The van der Waals surface area contributed by atoms with E-state index in [0.717, 1.165) is 42.8 Å². The first kappa shape index (κ1) is 13.6. The largest absolute Gasteiger partial charge is 0.440 e. The summed E-state index contributed by atoms with van der Waals surface area (Å²) in [5, 5.41) is 13.2. The number of oxazole rings is 1. The lowest BCUT2D eigenvalue weighted by atomic mass is 10.1. The van der Waals surface area contributed by atoms with Crippen molar-refractivity contribution < 1.29 is 9.52 Å². The van der Waals surface area contributed by atoms with Crippen molar-refractivity contribution in [2.75, 3.05) is 0 Å². The lowest BCUT2D eigenvalue weighted by molar-refractivity contribution is 0.148. The van der Waals surface area contributed by atoms with E-state index in [1.165, 1.54) is 5.56 Å². The molecule has 1 aromatic heterocycles. The molecular weight excluding hydrogens is 252 g/mol. The van der Waals surface area contributed by atoms with E-state index in [9.17, 15) is 5.11 Å². The average molecular weight is 274 g/mol. The number of benzene rings is 1. The Balaban J connectivity index is 1.72. The molecule has 1 aromatic carbocycles. The Bertz CT molecular complexity index is 591. The smallest absolute Gasteiger partial charge is 0.198 e. The lowest BCUT2D eigenvalue weighted by Gasteiger charge is -2.16. The Hall–Kier alpha value is -1.39. The second-order valence-electron chi connectivity index (χ2n) is 5.99. The first-order valence-electron chi connectivity index (χ1n) is 7.44. The van der Waals surface area contributed by atoms with E-state index in [1.807, 2.05) is 6.07 Å². The van der Waals surface area contributed by atoms with Crippen molar-refractivity contribution in [1.29, 1.82) is 0 Å². The maximum absolute atomic E-state index is 9.81. The molecule has 0 radical (unpaired) electrons. The summed E-state index contributed by atoms with van der Waals surface area (Å²) < 4.78 is 5.71. The van der Waals surface area contributed by atoms with Crippen LogP contribution in [0.25, 0.3) is 11.1 Å². The minimum absolute atomic E-state index is 0.196. The molecule has 0 spiro atoms. The number of nitrogens with one attached hydrogen (secondary N) is 1. The first-order valence-corrected chi connectivity index (χ1v) is 7.44. The number of aliphatic hydroxyl groups is 1. The highest BCUT2D eigenvalue weighted by atomic mass is 16.3. The van der Waals surface area contributed by atoms with Crippen molar-refractivity contribution in [2.45, 2.75) is 57.7 Å². The third-order valence-electron chi connectivity index (χ3n) is 4.01. The Kier molecular flexibility index (Phi) is 3.76. The summed E-state index contributed by atoms with van der Waals surface area (Å²) in [4.78, 5) is 4.52. The highest BCUT2D eigenvalue weighted by Crippen LogP contribution is 2.23. The van der Waals surface area contributed by atoms with E-state index in [-0.39, 0.29) is 12.1 Å². The summed E-state index contributed by atoms with van der Waals surface area (Å²) in [6.45, 7) is 4.92. The van der Waals surface area contributed by atoms with Gasteiger partial charge in [-0.2, -0.15) is 0 Å². The van der Waals surface area contributed by atoms with Crippen molar-refractivity contribution in [3.05, 3.63) is 29.7 Å². The van der Waals surface area contributed by atoms with E-state index in [1.54, 1.807) is 0 Å². The topological polar surface area (TPSA) is 58.3 Å². The van der Waals surface area contributed by atoms with Gasteiger partial charge in [0.25, 0.3) is 0 Å². The van der Waals surface area contributed by atoms with Crippen LogP contribution in [0.4, 0.5) is 0 Å². The molecule has 0 amide bonds. The van der Waals surface area contributed by atoms with Crippen LogP contribution in [-0.2, 0) is 6.54 Å². The number of nitrogens with zero attached hydrogens (tertiary/aromatic N) is 1. The average Bonchev–Trinajstić information content (AvgIpc) is 3.01. The minimum atomic E-state index is -0.196. The van der Waals surface area contributed by atoms with Crippen LogP contribution in [0.2, 0.25) is 0 Å². The van der Waals surface area contributed by atoms with Gasteiger partial charge in [0.1, 0.15) is 5.52 Å². The van der Waals surface area contributed by atoms with Crippen LogP contribution in [0.15, 0.2) is 22.6 Å². The standard InChI is InChI=1S/C16H22N2O2/c1-10(2)16-18-13-8-11(6-7-15(13)20-16)9-17-12-4-3-5-14(12)19/h6-8,10,12,14,17,19H,3-5,9H2,1-2H3/t12-,14+/m1/s1. The molecular formula is C16H22N2O2. The van der Waals surface area contributed by atoms with Crippen LogP contribution in [0.3, 0.4) is 0 Å². The van der Waals surface area contributed by atoms with Crippen molar-refractivity contribution in [3.8, 4) is 0 Å². The van der Waals surface area contributed by atoms with Gasteiger partial charge in [0.05, 0.1) is 6.10 Å². The lowest BCUT2D eigenvalue weighted by Crippen LogP contribution is -2.34. The number of aliphatic hydroxyl groups excluding tert-OH is 1. The van der Waals surface area contributed by atoms with E-state index in [2.05, 4.69) is 36.3 Å². The fourth-order valence-corrected chi connectivity index (χ4v) is 2.78. The summed E-state index contributed by atoms with van der Waals surface area (Å²) in [5.74, 6) is 1.09. The Morgan fingerprint density at radius 3 is 2.95 bits per heavy atom. The third-order valence-corrected chi connectivity index (χ3v) is 4.01. The van der Waals surface area contributed by atoms with Gasteiger partial charge in [0.15, 0.2) is 11.5 Å². The molecule has 0 bridgehead atoms. The predicted molar refractivity (Wildman–Crippen MR) is 78.6 cm³/mol. The molecule has 0 saturated heterocycles. The second kappa shape index (κ2) is 5.54. The molecule has 1 fully saturated rings. The zero-order valence-electron chi connectivity index (χ0n) is 12.1. The monoisotopic (exact) mass is 274 g/mol. The number of hydrogen-bond donors (Lipinski definition) is 2. The molecule has 1 aliphatic carbocycles. The summed E-state index contributed by atoms with van der Waals surface area (Å²) in [7, 11) is 0. The van der Waals surface area contributed by atoms with Gasteiger partial charge in [-0.1, -0.05) is 19.9 Å². The maximum Gasteiger partial charge on any atom is 0.198 e. The van der Waals surface area contributed by atoms with Crippen LogP contribution >= 0.6 is 0 Å². The molecule has 4 heteroatoms. The quantitative estimate of drug-likeness (QED) is 0.900. The number of fused-ring (bicyclic) bond motifs is 1. The summed E-state index contributed by atoms with van der Waals surface area (Å²) in [5.41, 5.74) is 2.94. The van der Waals surface area contributed by atoms with E-state index in [0.29, 0.717) is 5.92 Å². The van der Waals surface area contributed by atoms with Crippen molar-refractivity contribution in [1.82, 2.24) is 10.3 Å². The first-order chi connectivity index (χ1) is 9.63. The second-order valence-corrected chi connectivity index (χ2v) is 5.99. The van der Waals surface area contributed by atoms with Crippen LogP contribution in [0.1, 0.15) is 50.5 Å². The molecule has 4 nitrogen and oxygen atoms in total. The molecule has 1 aliphatic rings. The van der Waals surface area contributed by atoms with Crippen molar-refractivity contribution >= 4 is 11.1 Å². The maximum atomic E-state index is 9.81. The van der Waals surface area contributed by atoms with E-state index < -0.39 is 0 Å². The number of rotatable bonds is 4. The molecule has 2 N–H and O–H groups in total. The fourth-order valence-electron chi connectivity index (χ4n) is 2.78. The van der Waals surface area contributed by atoms with Gasteiger partial charge in [0.2, 0.25) is 0 Å². The van der Waals surface area contributed by atoms with Crippen LogP contribution in [-0.4, -0.2) is 22.2 Å². The molecule has 20 heavy (non-hydrogen) atoms. The molecule has 2 aromatic rings. The predicted octanol–water partition coefficient (Wildman–Crippen LogP) is 2.95. The van der Waals surface area contributed by atoms with Gasteiger partial charge in [-0.15, -0.1) is 0 Å². The van der Waals surface area contributed by atoms with Gasteiger partial charge >= 0.3 is 0 Å². The highest BCUT2D eigenvalue weighted by molar-refractivity contribution is 5.73. The van der Waals surface area contributed by atoms with Gasteiger partial charge in [-0.25, -0.2) is 4.98 Å². The fraction of sp³-hybridized carbons (Fsp3) is 0.562. The Labute approximate surface area is 119 Å². The number of hydrogen-bond acceptors (Lipinski definition) is 4. The minimum Gasteiger partial charge on any atom is -0.440 e. The molecule has 2 atom stereocenters. The Morgan fingerprint density at radius 1 is 1.40 bits per heavy atom. The molecule has 0 aliphatic heterocycles. The van der Waals surface area contributed by atoms with E-state index in [4.69, 9.17) is 4.42 Å². The van der Waals surface area contributed by atoms with Gasteiger partial charge < -0.3 is 14.8 Å².